The fourth-order valence-corrected chi connectivity index (χ4v) is 2.64. The van der Waals surface area contributed by atoms with Gasteiger partial charge in [-0.2, -0.15) is 13.2 Å². The van der Waals surface area contributed by atoms with Gasteiger partial charge in [-0.15, -0.1) is 0 Å². The zero-order valence-corrected chi connectivity index (χ0v) is 15.0. The van der Waals surface area contributed by atoms with Gasteiger partial charge >= 0.3 is 6.18 Å². The zero-order chi connectivity index (χ0) is 20.5. The largest absolute Gasteiger partial charge is 0.433 e. The Labute approximate surface area is 157 Å². The minimum atomic E-state index is -4.60. The standard InChI is InChI=1S/C19H16F3N3O3/c1-3-23-16(26)11-4-6-12(7-5-11)25-17(27)15-9-13-14(19(20,21)22)8-10(2)24-18(13)28-15/h4-9H,3H2,1-2H3,(H,23,26)(H,25,27). The number of aromatic nitrogens is 1. The molecule has 0 bridgehead atoms. The number of pyridine rings is 1. The molecule has 1 aromatic carbocycles. The van der Waals surface area contributed by atoms with Crippen LogP contribution < -0.4 is 10.6 Å². The van der Waals surface area contributed by atoms with E-state index in [-0.39, 0.29) is 28.5 Å². The number of anilines is 1. The van der Waals surface area contributed by atoms with Crippen molar-refractivity contribution in [1.82, 2.24) is 10.3 Å². The maximum absolute atomic E-state index is 13.2. The molecule has 0 atom stereocenters. The third kappa shape index (κ3) is 3.98. The molecule has 0 unspecified atom stereocenters. The Morgan fingerprint density at radius 3 is 2.39 bits per heavy atom. The van der Waals surface area contributed by atoms with E-state index in [4.69, 9.17) is 4.42 Å². The molecule has 0 saturated heterocycles. The summed E-state index contributed by atoms with van der Waals surface area (Å²) in [5, 5.41) is 4.88. The molecule has 0 aliphatic rings. The first kappa shape index (κ1) is 19.4. The Balaban J connectivity index is 1.85. The number of furan rings is 1. The monoisotopic (exact) mass is 391 g/mol. The summed E-state index contributed by atoms with van der Waals surface area (Å²) in [7, 11) is 0. The van der Waals surface area contributed by atoms with Crippen LogP contribution in [0.4, 0.5) is 18.9 Å². The van der Waals surface area contributed by atoms with Gasteiger partial charge in [0.05, 0.1) is 10.9 Å². The molecule has 0 saturated carbocycles. The SMILES string of the molecule is CCNC(=O)c1ccc(NC(=O)c2cc3c(C(F)(F)F)cc(C)nc3o2)cc1. The average molecular weight is 391 g/mol. The molecule has 9 heteroatoms. The van der Waals surface area contributed by atoms with Crippen molar-refractivity contribution in [3.63, 3.8) is 0 Å². The molecular weight excluding hydrogens is 375 g/mol. The van der Waals surface area contributed by atoms with Gasteiger partial charge in [0.25, 0.3) is 11.8 Å². The zero-order valence-electron chi connectivity index (χ0n) is 15.0. The maximum atomic E-state index is 13.2. The van der Waals surface area contributed by atoms with Gasteiger partial charge in [0, 0.05) is 23.5 Å². The normalized spacial score (nSPS) is 11.5. The van der Waals surface area contributed by atoms with Gasteiger partial charge in [0.2, 0.25) is 5.71 Å². The molecule has 2 aromatic heterocycles. The smallest absolute Gasteiger partial charge is 0.417 e. The highest BCUT2D eigenvalue weighted by Gasteiger charge is 2.34. The van der Waals surface area contributed by atoms with Crippen molar-refractivity contribution in [2.24, 2.45) is 0 Å². The van der Waals surface area contributed by atoms with Gasteiger partial charge in [0.15, 0.2) is 5.76 Å². The van der Waals surface area contributed by atoms with Crippen LogP contribution in [0.3, 0.4) is 0 Å². The van der Waals surface area contributed by atoms with Gasteiger partial charge in [0.1, 0.15) is 0 Å². The number of alkyl halides is 3. The Hall–Kier alpha value is -3.36. The summed E-state index contributed by atoms with van der Waals surface area (Å²) in [6, 6.07) is 7.98. The molecule has 2 N–H and O–H groups in total. The molecule has 28 heavy (non-hydrogen) atoms. The van der Waals surface area contributed by atoms with E-state index < -0.39 is 17.6 Å². The highest BCUT2D eigenvalue weighted by molar-refractivity contribution is 6.05. The summed E-state index contributed by atoms with van der Waals surface area (Å²) in [4.78, 5) is 28.0. The summed E-state index contributed by atoms with van der Waals surface area (Å²) in [6.07, 6.45) is -4.60. The number of fused-ring (bicyclic) bond motifs is 1. The van der Waals surface area contributed by atoms with Crippen molar-refractivity contribution in [1.29, 1.82) is 0 Å². The minimum Gasteiger partial charge on any atom is -0.433 e. The van der Waals surface area contributed by atoms with Crippen molar-refractivity contribution in [3.05, 3.63) is 59.0 Å². The van der Waals surface area contributed by atoms with Crippen LogP contribution in [-0.4, -0.2) is 23.3 Å². The van der Waals surface area contributed by atoms with E-state index in [9.17, 15) is 22.8 Å². The lowest BCUT2D eigenvalue weighted by Crippen LogP contribution is -2.22. The van der Waals surface area contributed by atoms with Crippen molar-refractivity contribution in [3.8, 4) is 0 Å². The van der Waals surface area contributed by atoms with Crippen LogP contribution >= 0.6 is 0 Å². The van der Waals surface area contributed by atoms with Gasteiger partial charge in [-0.1, -0.05) is 0 Å². The van der Waals surface area contributed by atoms with E-state index in [2.05, 4.69) is 15.6 Å². The second kappa shape index (κ2) is 7.34. The number of rotatable bonds is 4. The van der Waals surface area contributed by atoms with E-state index in [0.29, 0.717) is 17.8 Å². The summed E-state index contributed by atoms with van der Waals surface area (Å²) < 4.78 is 44.9. The number of benzene rings is 1. The summed E-state index contributed by atoms with van der Waals surface area (Å²) in [5.74, 6) is -1.28. The molecule has 0 aliphatic carbocycles. The van der Waals surface area contributed by atoms with Crippen molar-refractivity contribution in [2.45, 2.75) is 20.0 Å². The van der Waals surface area contributed by atoms with Crippen LogP contribution in [-0.2, 0) is 6.18 Å². The van der Waals surface area contributed by atoms with Crippen LogP contribution in [0.5, 0.6) is 0 Å². The molecule has 0 aliphatic heterocycles. The fraction of sp³-hybridized carbons (Fsp3) is 0.211. The quantitative estimate of drug-likeness (QED) is 0.700. The number of amides is 2. The number of halogens is 3. The number of carbonyl (C=O) groups excluding carboxylic acids is 2. The minimum absolute atomic E-state index is 0.127. The fourth-order valence-electron chi connectivity index (χ4n) is 2.64. The topological polar surface area (TPSA) is 84.2 Å². The summed E-state index contributed by atoms with van der Waals surface area (Å²) >= 11 is 0. The highest BCUT2D eigenvalue weighted by atomic mass is 19.4. The predicted molar refractivity (Wildman–Crippen MR) is 96.2 cm³/mol. The number of nitrogens with one attached hydrogen (secondary N) is 2. The van der Waals surface area contributed by atoms with Gasteiger partial charge in [-0.05, 0) is 50.2 Å². The number of carbonyl (C=O) groups is 2. The second-order valence-corrected chi connectivity index (χ2v) is 6.03. The van der Waals surface area contributed by atoms with Crippen molar-refractivity contribution in [2.75, 3.05) is 11.9 Å². The lowest BCUT2D eigenvalue weighted by atomic mass is 10.1. The maximum Gasteiger partial charge on any atom is 0.417 e. The number of hydrogen-bond acceptors (Lipinski definition) is 4. The van der Waals surface area contributed by atoms with E-state index in [1.807, 2.05) is 0 Å². The third-order valence-corrected chi connectivity index (χ3v) is 3.91. The van der Waals surface area contributed by atoms with E-state index in [1.165, 1.54) is 31.2 Å². The molecule has 146 valence electrons. The Bertz CT molecular complexity index is 1040. The van der Waals surface area contributed by atoms with Gasteiger partial charge in [-0.25, -0.2) is 4.98 Å². The van der Waals surface area contributed by atoms with Gasteiger partial charge < -0.3 is 15.1 Å². The molecule has 6 nitrogen and oxygen atoms in total. The summed E-state index contributed by atoms with van der Waals surface area (Å²) in [5.41, 5.74) is -0.271. The third-order valence-electron chi connectivity index (χ3n) is 3.91. The van der Waals surface area contributed by atoms with Gasteiger partial charge in [-0.3, -0.25) is 9.59 Å². The molecule has 2 heterocycles. The number of aryl methyl sites for hydroxylation is 1. The number of hydrogen-bond donors (Lipinski definition) is 2. The first-order chi connectivity index (χ1) is 13.2. The Morgan fingerprint density at radius 2 is 1.79 bits per heavy atom. The molecule has 3 aromatic rings. The first-order valence-corrected chi connectivity index (χ1v) is 8.37. The lowest BCUT2D eigenvalue weighted by Gasteiger charge is -2.07. The van der Waals surface area contributed by atoms with E-state index in [0.717, 1.165) is 12.1 Å². The van der Waals surface area contributed by atoms with Crippen molar-refractivity contribution < 1.29 is 27.2 Å². The van der Waals surface area contributed by atoms with Crippen LogP contribution in [0, 0.1) is 6.92 Å². The first-order valence-electron chi connectivity index (χ1n) is 8.37. The molecule has 2 amide bonds. The van der Waals surface area contributed by atoms with E-state index >= 15 is 0 Å². The number of nitrogens with zero attached hydrogens (tertiary/aromatic N) is 1. The molecule has 3 rings (SSSR count). The average Bonchev–Trinajstić information content (AvgIpc) is 3.05. The van der Waals surface area contributed by atoms with Crippen LogP contribution in [0.25, 0.3) is 11.1 Å². The molecule has 0 fully saturated rings. The lowest BCUT2D eigenvalue weighted by molar-refractivity contribution is -0.136. The van der Waals surface area contributed by atoms with Crippen LogP contribution in [0.1, 0.15) is 39.1 Å². The van der Waals surface area contributed by atoms with Crippen molar-refractivity contribution >= 4 is 28.6 Å². The van der Waals surface area contributed by atoms with Crippen LogP contribution in [0.2, 0.25) is 0 Å². The second-order valence-electron chi connectivity index (χ2n) is 6.03. The predicted octanol–water partition coefficient (Wildman–Crippen LogP) is 4.16. The van der Waals surface area contributed by atoms with E-state index in [1.54, 1.807) is 6.92 Å². The van der Waals surface area contributed by atoms with Crippen LogP contribution in [0.15, 0.2) is 40.8 Å². The highest BCUT2D eigenvalue weighted by Crippen LogP contribution is 2.36. The Kier molecular flexibility index (Phi) is 5.08. The molecule has 0 radical (unpaired) electrons. The Morgan fingerprint density at radius 1 is 1.11 bits per heavy atom. The summed E-state index contributed by atoms with van der Waals surface area (Å²) in [6.45, 7) is 3.68. The molecular formula is C19H16F3N3O3. The molecule has 0 spiro atoms.